The van der Waals surface area contributed by atoms with E-state index < -0.39 is 6.09 Å². The van der Waals surface area contributed by atoms with Crippen LogP contribution in [0.2, 0.25) is 0 Å². The van der Waals surface area contributed by atoms with Crippen LogP contribution < -0.4 is 4.90 Å². The first-order chi connectivity index (χ1) is 8.47. The number of rotatable bonds is 3. The number of anilines is 1. The van der Waals surface area contributed by atoms with Gasteiger partial charge < -0.3 is 10.1 Å². The average molecular weight is 282 g/mol. The largest absolute Gasteiger partial charge is 0.465 e. The van der Waals surface area contributed by atoms with Crippen LogP contribution in [0.25, 0.3) is 10.2 Å². The molecule has 2 aromatic rings. The molecule has 0 saturated carbocycles. The summed E-state index contributed by atoms with van der Waals surface area (Å²) >= 11 is 6.53. The van der Waals surface area contributed by atoms with Crippen molar-refractivity contribution in [1.29, 1.82) is 0 Å². The molecule has 4 nitrogen and oxygen atoms in total. The standard InChI is InChI=1S/C12H14N2O2S2/c1-7(2)6-14(12(15)16)8-3-4-9-10(5-8)18-11(17)13-9/h3-5,7H,6H2,1-2H3,(H,13,17)(H,15,16). The number of carboxylic acid groups (broad SMARTS) is 1. The van der Waals surface area contributed by atoms with Crippen molar-refractivity contribution < 1.29 is 9.90 Å². The van der Waals surface area contributed by atoms with Crippen molar-refractivity contribution in [1.82, 2.24) is 4.98 Å². The van der Waals surface area contributed by atoms with Crippen LogP contribution in [-0.4, -0.2) is 22.7 Å². The van der Waals surface area contributed by atoms with Crippen molar-refractivity contribution in [2.75, 3.05) is 11.4 Å². The lowest BCUT2D eigenvalue weighted by Crippen LogP contribution is -2.32. The van der Waals surface area contributed by atoms with Gasteiger partial charge in [0.2, 0.25) is 0 Å². The summed E-state index contributed by atoms with van der Waals surface area (Å²) in [6.07, 6.45) is -0.929. The summed E-state index contributed by atoms with van der Waals surface area (Å²) < 4.78 is 1.68. The van der Waals surface area contributed by atoms with E-state index in [0.717, 1.165) is 10.2 Å². The number of amides is 1. The molecule has 2 N–H and O–H groups in total. The topological polar surface area (TPSA) is 56.3 Å². The zero-order valence-corrected chi connectivity index (χ0v) is 11.8. The summed E-state index contributed by atoms with van der Waals surface area (Å²) in [6.45, 7) is 4.47. The van der Waals surface area contributed by atoms with Crippen molar-refractivity contribution in [2.45, 2.75) is 13.8 Å². The molecule has 0 fully saturated rings. The van der Waals surface area contributed by atoms with Gasteiger partial charge in [0.25, 0.3) is 0 Å². The van der Waals surface area contributed by atoms with E-state index >= 15 is 0 Å². The van der Waals surface area contributed by atoms with Crippen molar-refractivity contribution in [3.63, 3.8) is 0 Å². The minimum atomic E-state index is -0.929. The number of benzene rings is 1. The lowest BCUT2D eigenvalue weighted by molar-refractivity contribution is 0.201. The third-order valence-corrected chi connectivity index (χ3v) is 3.69. The zero-order valence-electron chi connectivity index (χ0n) is 10.1. The van der Waals surface area contributed by atoms with Crippen LogP contribution in [0.4, 0.5) is 10.5 Å². The number of hydrogen-bond acceptors (Lipinski definition) is 3. The monoisotopic (exact) mass is 282 g/mol. The van der Waals surface area contributed by atoms with Gasteiger partial charge in [-0.2, -0.15) is 0 Å². The van der Waals surface area contributed by atoms with Crippen molar-refractivity contribution in [3.8, 4) is 0 Å². The van der Waals surface area contributed by atoms with Crippen molar-refractivity contribution in [2.24, 2.45) is 5.92 Å². The number of thiazole rings is 1. The Balaban J connectivity index is 2.43. The number of H-pyrrole nitrogens is 1. The third-order valence-electron chi connectivity index (χ3n) is 2.49. The molecule has 0 spiro atoms. The van der Waals surface area contributed by atoms with Crippen LogP contribution >= 0.6 is 23.6 Å². The number of nitrogens with one attached hydrogen (secondary N) is 1. The first-order valence-electron chi connectivity index (χ1n) is 5.60. The quantitative estimate of drug-likeness (QED) is 0.833. The lowest BCUT2D eigenvalue weighted by atomic mass is 10.2. The third kappa shape index (κ3) is 2.70. The second-order valence-corrected chi connectivity index (χ2v) is 6.20. The first kappa shape index (κ1) is 13.0. The maximum absolute atomic E-state index is 11.3. The lowest BCUT2D eigenvalue weighted by Gasteiger charge is -2.21. The Kier molecular flexibility index (Phi) is 3.68. The highest BCUT2D eigenvalue weighted by atomic mass is 32.1. The predicted molar refractivity (Wildman–Crippen MR) is 77.2 cm³/mol. The molecule has 0 aliphatic heterocycles. The van der Waals surface area contributed by atoms with Crippen LogP contribution in [0.5, 0.6) is 0 Å². The average Bonchev–Trinajstić information content (AvgIpc) is 2.64. The fourth-order valence-corrected chi connectivity index (χ4v) is 2.91. The van der Waals surface area contributed by atoms with E-state index in [1.54, 1.807) is 6.07 Å². The van der Waals surface area contributed by atoms with Gasteiger partial charge in [0.05, 0.1) is 10.2 Å². The predicted octanol–water partition coefficient (Wildman–Crippen LogP) is 4.10. The molecule has 1 aromatic carbocycles. The Morgan fingerprint density at radius 3 is 2.89 bits per heavy atom. The number of carbonyl (C=O) groups is 1. The highest BCUT2D eigenvalue weighted by Gasteiger charge is 2.16. The van der Waals surface area contributed by atoms with E-state index in [1.165, 1.54) is 16.2 Å². The highest BCUT2D eigenvalue weighted by molar-refractivity contribution is 7.73. The van der Waals surface area contributed by atoms with Crippen molar-refractivity contribution in [3.05, 3.63) is 22.2 Å². The molecule has 2 rings (SSSR count). The van der Waals surface area contributed by atoms with Gasteiger partial charge in [0, 0.05) is 12.2 Å². The van der Waals surface area contributed by atoms with Crippen LogP contribution in [-0.2, 0) is 0 Å². The van der Waals surface area contributed by atoms with Gasteiger partial charge in [-0.1, -0.05) is 13.8 Å². The molecule has 0 aliphatic rings. The van der Waals surface area contributed by atoms with Crippen LogP contribution in [0.15, 0.2) is 18.2 Å². The molecule has 0 saturated heterocycles. The minimum Gasteiger partial charge on any atom is -0.465 e. The maximum atomic E-state index is 11.3. The normalized spacial score (nSPS) is 11.1. The maximum Gasteiger partial charge on any atom is 0.411 e. The summed E-state index contributed by atoms with van der Waals surface area (Å²) in [4.78, 5) is 15.7. The molecule has 18 heavy (non-hydrogen) atoms. The second kappa shape index (κ2) is 5.07. The van der Waals surface area contributed by atoms with E-state index in [2.05, 4.69) is 4.98 Å². The SMILES string of the molecule is CC(C)CN(C(=O)O)c1ccc2[nH]c(=S)sc2c1. The Hall–Kier alpha value is -1.40. The number of aromatic amines is 1. The molecule has 0 unspecified atom stereocenters. The van der Waals surface area contributed by atoms with E-state index in [9.17, 15) is 9.90 Å². The van der Waals surface area contributed by atoms with Crippen LogP contribution in [0, 0.1) is 9.87 Å². The number of nitrogens with zero attached hydrogens (tertiary/aromatic N) is 1. The van der Waals surface area contributed by atoms with E-state index in [0.29, 0.717) is 16.2 Å². The molecule has 0 atom stereocenters. The summed E-state index contributed by atoms with van der Waals surface area (Å²) in [6, 6.07) is 5.53. The first-order valence-corrected chi connectivity index (χ1v) is 6.83. The van der Waals surface area contributed by atoms with Gasteiger partial charge in [0.1, 0.15) is 0 Å². The van der Waals surface area contributed by atoms with E-state index in [1.807, 2.05) is 26.0 Å². The summed E-state index contributed by atoms with van der Waals surface area (Å²) in [5.41, 5.74) is 1.64. The van der Waals surface area contributed by atoms with Crippen molar-refractivity contribution >= 4 is 45.6 Å². The van der Waals surface area contributed by atoms with Gasteiger partial charge in [-0.05, 0) is 36.3 Å². The molecule has 0 aliphatic carbocycles. The van der Waals surface area contributed by atoms with Gasteiger partial charge in [0.15, 0.2) is 3.95 Å². The van der Waals surface area contributed by atoms with Crippen LogP contribution in [0.1, 0.15) is 13.8 Å². The molecular formula is C12H14N2O2S2. The molecule has 6 heteroatoms. The number of hydrogen-bond donors (Lipinski definition) is 2. The molecular weight excluding hydrogens is 268 g/mol. The zero-order chi connectivity index (χ0) is 13.3. The second-order valence-electron chi connectivity index (χ2n) is 4.48. The van der Waals surface area contributed by atoms with Gasteiger partial charge in [-0.25, -0.2) is 4.79 Å². The van der Waals surface area contributed by atoms with E-state index in [4.69, 9.17) is 12.2 Å². The Morgan fingerprint density at radius 2 is 2.28 bits per heavy atom. The molecule has 96 valence electrons. The highest BCUT2D eigenvalue weighted by Crippen LogP contribution is 2.26. The van der Waals surface area contributed by atoms with Gasteiger partial charge in [-0.15, -0.1) is 11.3 Å². The Morgan fingerprint density at radius 1 is 1.56 bits per heavy atom. The molecule has 1 heterocycles. The summed E-state index contributed by atoms with van der Waals surface area (Å²) in [5.74, 6) is 0.279. The fraction of sp³-hybridized carbons (Fsp3) is 0.333. The van der Waals surface area contributed by atoms with E-state index in [-0.39, 0.29) is 5.92 Å². The van der Waals surface area contributed by atoms with Gasteiger partial charge >= 0.3 is 6.09 Å². The molecule has 1 amide bonds. The number of aromatic nitrogens is 1. The molecule has 0 bridgehead atoms. The molecule has 1 aromatic heterocycles. The summed E-state index contributed by atoms with van der Waals surface area (Å²) in [7, 11) is 0. The Labute approximate surface area is 114 Å². The Bertz CT molecular complexity index is 630. The minimum absolute atomic E-state index is 0.279. The smallest absolute Gasteiger partial charge is 0.411 e. The van der Waals surface area contributed by atoms with Gasteiger partial charge in [-0.3, -0.25) is 4.90 Å². The van der Waals surface area contributed by atoms with Crippen LogP contribution in [0.3, 0.4) is 0 Å². The summed E-state index contributed by atoms with van der Waals surface area (Å²) in [5, 5.41) is 9.25. The fourth-order valence-electron chi connectivity index (χ4n) is 1.76. The molecule has 0 radical (unpaired) electrons. The number of fused-ring (bicyclic) bond motifs is 1.